The summed E-state index contributed by atoms with van der Waals surface area (Å²) >= 11 is 0. The molecule has 0 aliphatic carbocycles. The van der Waals surface area contributed by atoms with E-state index in [2.05, 4.69) is 51.5 Å². The molecule has 2 aromatic heterocycles. The molecule has 1 N–H and O–H groups in total. The zero-order valence-electron chi connectivity index (χ0n) is 30.8. The van der Waals surface area contributed by atoms with Crippen molar-refractivity contribution in [2.24, 2.45) is 4.99 Å². The Bertz CT molecular complexity index is 1990. The number of rotatable bonds is 10. The highest BCUT2D eigenvalue weighted by atomic mass is 31.0. The van der Waals surface area contributed by atoms with E-state index in [1.54, 1.807) is 0 Å². The van der Waals surface area contributed by atoms with Crippen molar-refractivity contribution in [3.63, 3.8) is 0 Å². The maximum atomic E-state index is 13.9. The molecule has 2 aromatic carbocycles. The summed E-state index contributed by atoms with van der Waals surface area (Å²) in [6, 6.07) is 20.3. The summed E-state index contributed by atoms with van der Waals surface area (Å²) < 4.78 is 0. The largest absolute Gasteiger partial charge is 0.340 e. The molecule has 10 nitrogen and oxygen atoms in total. The summed E-state index contributed by atoms with van der Waals surface area (Å²) in [4.78, 5) is 53.0. The van der Waals surface area contributed by atoms with Crippen molar-refractivity contribution in [2.45, 2.75) is 62.9 Å². The Morgan fingerprint density at radius 2 is 1.56 bits per heavy atom. The van der Waals surface area contributed by atoms with Crippen LogP contribution in [0.1, 0.15) is 66.7 Å². The van der Waals surface area contributed by atoms with E-state index in [0.29, 0.717) is 6.42 Å². The Hall–Kier alpha value is -4.50. The number of nitrogens with one attached hydrogen (secondary N) is 1. The van der Waals surface area contributed by atoms with Crippen molar-refractivity contribution >= 4 is 32.3 Å². The topological polar surface area (TPSA) is 101 Å². The first kappa shape index (κ1) is 35.9. The third-order valence-electron chi connectivity index (χ3n) is 10.7. The number of carbonyl (C=O) groups excluding carboxylic acids is 2. The lowest BCUT2D eigenvalue weighted by molar-refractivity contribution is -0.136. The van der Waals surface area contributed by atoms with Crippen LogP contribution in [0.3, 0.4) is 0 Å². The van der Waals surface area contributed by atoms with Gasteiger partial charge in [0.05, 0.1) is 29.7 Å². The molecule has 5 heterocycles. The first-order valence-electron chi connectivity index (χ1n) is 18.2. The molecule has 4 aromatic rings. The number of aromatic amines is 1. The summed E-state index contributed by atoms with van der Waals surface area (Å²) in [5.41, 5.74) is 9.32. The molecule has 52 heavy (non-hydrogen) atoms. The molecule has 3 aliphatic heterocycles. The second-order valence-electron chi connectivity index (χ2n) is 14.7. The number of hydrogen-bond donors (Lipinski definition) is 1. The summed E-state index contributed by atoms with van der Waals surface area (Å²) in [7, 11) is 10.4. The summed E-state index contributed by atoms with van der Waals surface area (Å²) in [6.45, 7) is 3.60. The van der Waals surface area contributed by atoms with Crippen LogP contribution in [-0.2, 0) is 9.59 Å². The van der Waals surface area contributed by atoms with E-state index >= 15 is 0 Å². The molecular formula is C41H49N8O2P. The number of benzene rings is 2. The molecule has 5 atom stereocenters. The number of allylic oxidation sites excluding steroid dienone is 1. The normalized spacial score (nSPS) is 20.1. The van der Waals surface area contributed by atoms with Gasteiger partial charge in [-0.25, -0.2) is 4.98 Å². The van der Waals surface area contributed by atoms with E-state index in [1.807, 2.05) is 96.7 Å². The van der Waals surface area contributed by atoms with Gasteiger partial charge in [0.2, 0.25) is 11.8 Å². The number of pyridine rings is 1. The molecule has 2 saturated heterocycles. The Labute approximate surface area is 309 Å². The fourth-order valence-corrected chi connectivity index (χ4v) is 8.07. The molecule has 3 aliphatic rings. The Morgan fingerprint density at radius 3 is 2.23 bits per heavy atom. The Kier molecular flexibility index (Phi) is 10.5. The molecule has 11 heteroatoms. The van der Waals surface area contributed by atoms with Gasteiger partial charge in [0.15, 0.2) is 0 Å². The number of nitrogens with zero attached hydrogens (tertiary/aromatic N) is 7. The van der Waals surface area contributed by atoms with Crippen LogP contribution < -0.4 is 0 Å². The minimum absolute atomic E-state index is 0.0113. The highest BCUT2D eigenvalue weighted by molar-refractivity contribution is 7.19. The van der Waals surface area contributed by atoms with E-state index in [1.165, 1.54) is 0 Å². The molecule has 0 bridgehead atoms. The number of likely N-dealkylation sites (tertiary alicyclic amines) is 2. The first-order valence-corrected chi connectivity index (χ1v) is 18.9. The lowest BCUT2D eigenvalue weighted by atomic mass is 9.97. The quantitative estimate of drug-likeness (QED) is 0.192. The van der Waals surface area contributed by atoms with Gasteiger partial charge in [-0.1, -0.05) is 48.5 Å². The lowest BCUT2D eigenvalue weighted by Crippen LogP contribution is -2.45. The number of hydrogen-bond acceptors (Lipinski definition) is 7. The number of imidazole rings is 1. The smallest absolute Gasteiger partial charge is 0.245 e. The van der Waals surface area contributed by atoms with Crippen LogP contribution in [0.4, 0.5) is 0 Å². The molecular weight excluding hydrogens is 667 g/mol. The van der Waals surface area contributed by atoms with Crippen LogP contribution in [0.15, 0.2) is 84.2 Å². The van der Waals surface area contributed by atoms with Gasteiger partial charge in [0.1, 0.15) is 17.6 Å². The molecule has 1 unspecified atom stereocenters. The zero-order chi connectivity index (χ0) is 36.5. The molecule has 7 rings (SSSR count). The van der Waals surface area contributed by atoms with Crippen molar-refractivity contribution in [3.05, 3.63) is 102 Å². The van der Waals surface area contributed by atoms with E-state index in [4.69, 9.17) is 15.0 Å². The summed E-state index contributed by atoms with van der Waals surface area (Å²) in [5.74, 6) is 0.824. The van der Waals surface area contributed by atoms with E-state index in [0.717, 1.165) is 95.1 Å². The van der Waals surface area contributed by atoms with Gasteiger partial charge in [-0.15, -0.1) is 9.24 Å². The van der Waals surface area contributed by atoms with Crippen molar-refractivity contribution < 1.29 is 9.59 Å². The first-order chi connectivity index (χ1) is 25.1. The number of aromatic nitrogens is 3. The predicted octanol–water partition coefficient (Wildman–Crippen LogP) is 6.35. The van der Waals surface area contributed by atoms with E-state index in [9.17, 15) is 9.59 Å². The van der Waals surface area contributed by atoms with Gasteiger partial charge in [-0.2, -0.15) is 0 Å². The second-order valence-corrected chi connectivity index (χ2v) is 15.3. The van der Waals surface area contributed by atoms with Crippen LogP contribution in [0.2, 0.25) is 0 Å². The zero-order valence-corrected chi connectivity index (χ0v) is 31.9. The van der Waals surface area contributed by atoms with Crippen molar-refractivity contribution in [1.82, 2.24) is 34.6 Å². The van der Waals surface area contributed by atoms with Gasteiger partial charge in [0, 0.05) is 43.2 Å². The van der Waals surface area contributed by atoms with Crippen LogP contribution in [0.25, 0.3) is 28.1 Å². The monoisotopic (exact) mass is 716 g/mol. The van der Waals surface area contributed by atoms with Gasteiger partial charge >= 0.3 is 0 Å². The Morgan fingerprint density at radius 1 is 0.846 bits per heavy atom. The maximum Gasteiger partial charge on any atom is 0.245 e. The third kappa shape index (κ3) is 7.12. The van der Waals surface area contributed by atoms with Crippen LogP contribution in [-0.4, -0.2) is 105 Å². The van der Waals surface area contributed by atoms with E-state index in [-0.39, 0.29) is 35.7 Å². The predicted molar refractivity (Wildman–Crippen MR) is 210 cm³/mol. The molecule has 0 saturated carbocycles. The highest BCUT2D eigenvalue weighted by Gasteiger charge is 2.38. The van der Waals surface area contributed by atoms with Gasteiger partial charge < -0.3 is 14.8 Å². The summed E-state index contributed by atoms with van der Waals surface area (Å²) in [6.07, 6.45) is 10.3. The summed E-state index contributed by atoms with van der Waals surface area (Å²) in [5, 5.41) is 0. The number of amides is 2. The third-order valence-corrected chi connectivity index (χ3v) is 11.6. The number of likely N-dealkylation sites (N-methyl/N-ethyl adjacent to an activating group) is 2. The number of aryl methyl sites for hydroxylation is 1. The molecule has 0 radical (unpaired) electrons. The van der Waals surface area contributed by atoms with Crippen molar-refractivity contribution in [1.29, 1.82) is 0 Å². The average molecular weight is 717 g/mol. The fourth-order valence-electron chi connectivity index (χ4n) is 7.88. The van der Waals surface area contributed by atoms with Crippen molar-refractivity contribution in [2.75, 3.05) is 41.3 Å². The average Bonchev–Trinajstić information content (AvgIpc) is 3.98. The minimum atomic E-state index is -0.321. The standard InChI is InChI=1S/C41H49N8O2P/c1-26-21-28(34-25-44-38(45-34)36-14-10-20-49(36)40(51)41(52)47(4)5)15-17-31(26)32-18-16-29(23-42-32)30-22-33(43-24-30)35-13-9-19-48(35)39(50)37(46(2)3)27-11-7-6-8-12-27/h6-8,11-12,15-18,21,23-25,35-37,41H,9-10,13-14,19-20,22,52H2,1-5H3,(H,44,45)/t35-,36-,37+,41+/m0/s1. The lowest BCUT2D eigenvalue weighted by Gasteiger charge is -2.32. The number of carbonyl (C=O) groups is 2. The van der Waals surface area contributed by atoms with Crippen LogP contribution in [0, 0.1) is 6.92 Å². The van der Waals surface area contributed by atoms with Crippen molar-refractivity contribution in [3.8, 4) is 22.5 Å². The Balaban J connectivity index is 1.00. The van der Waals surface area contributed by atoms with Crippen LogP contribution >= 0.6 is 9.24 Å². The SMILES string of the molecule is Cc1cc(-c2cnc([C@@H]3CCCN3C(=O)[C@@H](P)N(C)C)[nH]2)ccc1-c1ccc(C2=CN=C([C@@H]3CCCN3C(=O)[C@@H](c3ccccc3)N(C)C)C2)cn1. The maximum absolute atomic E-state index is 13.9. The van der Waals surface area contributed by atoms with Gasteiger partial charge in [-0.3, -0.25) is 29.4 Å². The number of H-pyrrole nitrogens is 1. The molecule has 0 spiro atoms. The van der Waals surface area contributed by atoms with E-state index < -0.39 is 0 Å². The van der Waals surface area contributed by atoms with Gasteiger partial charge in [-0.05, 0) is 101 Å². The number of aliphatic imine (C=N–C) groups is 1. The second kappa shape index (κ2) is 15.2. The molecule has 270 valence electrons. The minimum Gasteiger partial charge on any atom is -0.340 e. The van der Waals surface area contributed by atoms with Crippen LogP contribution in [0.5, 0.6) is 0 Å². The highest BCUT2D eigenvalue weighted by Crippen LogP contribution is 2.35. The molecule has 2 amide bonds. The molecule has 2 fully saturated rings. The fraction of sp³-hybridized carbons (Fsp3) is 0.390. The van der Waals surface area contributed by atoms with Gasteiger partial charge in [0.25, 0.3) is 0 Å².